The summed E-state index contributed by atoms with van der Waals surface area (Å²) in [6.45, 7) is 2.25. The summed E-state index contributed by atoms with van der Waals surface area (Å²) in [6.07, 6.45) is 14.4. The molecule has 2 rings (SSSR count). The van der Waals surface area contributed by atoms with Crippen LogP contribution >= 0.6 is 0 Å². The molecule has 0 spiro atoms. The van der Waals surface area contributed by atoms with Crippen molar-refractivity contribution in [1.82, 2.24) is 0 Å². The van der Waals surface area contributed by atoms with Crippen LogP contribution in [0.3, 0.4) is 0 Å². The van der Waals surface area contributed by atoms with Gasteiger partial charge in [0.05, 0.1) is 6.10 Å². The van der Waals surface area contributed by atoms with Gasteiger partial charge in [0.25, 0.3) is 0 Å². The number of aryl methyl sites for hydroxylation is 1. The minimum Gasteiger partial charge on any atom is -0.393 e. The van der Waals surface area contributed by atoms with Gasteiger partial charge in [-0.3, -0.25) is 0 Å². The average molecular weight is 382 g/mol. The van der Waals surface area contributed by atoms with Gasteiger partial charge in [0.1, 0.15) is 0 Å². The fraction of sp³-hybridized carbons (Fsp3) is 0.538. The fourth-order valence-electron chi connectivity index (χ4n) is 3.63. The Balaban J connectivity index is 1.51. The molecule has 1 atom stereocenters. The quantitative estimate of drug-likeness (QED) is 0.311. The molecule has 28 heavy (non-hydrogen) atoms. The molecule has 0 saturated carbocycles. The number of hydrogen-bond donors (Lipinski definition) is 2. The molecule has 0 aliphatic rings. The molecular formula is C26H39NO. The molecule has 154 valence electrons. The molecule has 0 heterocycles. The number of para-hydroxylation sites is 1. The van der Waals surface area contributed by atoms with E-state index in [0.717, 1.165) is 37.1 Å². The second-order valence-corrected chi connectivity index (χ2v) is 8.00. The van der Waals surface area contributed by atoms with Crippen LogP contribution in [-0.4, -0.2) is 11.2 Å². The topological polar surface area (TPSA) is 32.3 Å². The van der Waals surface area contributed by atoms with Gasteiger partial charge in [0.15, 0.2) is 0 Å². The van der Waals surface area contributed by atoms with E-state index in [2.05, 4.69) is 48.6 Å². The van der Waals surface area contributed by atoms with E-state index in [1.807, 2.05) is 18.2 Å². The average Bonchev–Trinajstić information content (AvgIpc) is 2.72. The second-order valence-electron chi connectivity index (χ2n) is 8.00. The van der Waals surface area contributed by atoms with Gasteiger partial charge in [-0.25, -0.2) is 0 Å². The van der Waals surface area contributed by atoms with Crippen LogP contribution in [0.25, 0.3) is 0 Å². The zero-order valence-corrected chi connectivity index (χ0v) is 17.7. The van der Waals surface area contributed by atoms with Crippen molar-refractivity contribution in [2.45, 2.75) is 90.1 Å². The molecule has 1 unspecified atom stereocenters. The lowest BCUT2D eigenvalue weighted by Crippen LogP contribution is -2.06. The first kappa shape index (κ1) is 22.5. The van der Waals surface area contributed by atoms with Crippen molar-refractivity contribution >= 4 is 11.4 Å². The molecule has 0 amide bonds. The fourth-order valence-corrected chi connectivity index (χ4v) is 3.63. The van der Waals surface area contributed by atoms with E-state index in [0.29, 0.717) is 0 Å². The Morgan fingerprint density at radius 1 is 0.679 bits per heavy atom. The smallest absolute Gasteiger partial charge is 0.0540 e. The van der Waals surface area contributed by atoms with Crippen LogP contribution in [-0.2, 0) is 6.42 Å². The first-order valence-electron chi connectivity index (χ1n) is 11.4. The predicted molar refractivity (Wildman–Crippen MR) is 122 cm³/mol. The summed E-state index contributed by atoms with van der Waals surface area (Å²) in [4.78, 5) is 0. The van der Waals surface area contributed by atoms with Crippen LogP contribution in [0.2, 0.25) is 0 Å². The zero-order chi connectivity index (χ0) is 19.9. The third kappa shape index (κ3) is 9.94. The molecule has 0 saturated heterocycles. The van der Waals surface area contributed by atoms with Gasteiger partial charge in [0.2, 0.25) is 0 Å². The van der Waals surface area contributed by atoms with Crippen LogP contribution in [0.1, 0.15) is 83.1 Å². The standard InChI is InChI=1S/C26H39NO/c1-2-3-4-5-6-12-17-26(28)18-13-7-9-14-23-19-21-25(22-20-23)27-24-15-10-8-11-16-24/h8,10-11,15-16,19-22,26-28H,2-7,9,12-14,17-18H2,1H3. The van der Waals surface area contributed by atoms with Crippen LogP contribution in [0, 0.1) is 0 Å². The van der Waals surface area contributed by atoms with Gasteiger partial charge >= 0.3 is 0 Å². The number of hydrogen-bond acceptors (Lipinski definition) is 2. The van der Waals surface area contributed by atoms with Crippen molar-refractivity contribution in [2.24, 2.45) is 0 Å². The van der Waals surface area contributed by atoms with E-state index in [1.54, 1.807) is 0 Å². The number of nitrogens with one attached hydrogen (secondary N) is 1. The van der Waals surface area contributed by atoms with Gasteiger partial charge < -0.3 is 10.4 Å². The maximum Gasteiger partial charge on any atom is 0.0540 e. The molecule has 2 N–H and O–H groups in total. The lowest BCUT2D eigenvalue weighted by molar-refractivity contribution is 0.147. The highest BCUT2D eigenvalue weighted by Gasteiger charge is 2.04. The van der Waals surface area contributed by atoms with E-state index < -0.39 is 0 Å². The SMILES string of the molecule is CCCCCCCCC(O)CCCCCc1ccc(Nc2ccccc2)cc1. The van der Waals surface area contributed by atoms with Crippen molar-refractivity contribution in [3.63, 3.8) is 0 Å². The molecule has 0 fully saturated rings. The van der Waals surface area contributed by atoms with Crippen molar-refractivity contribution in [3.8, 4) is 0 Å². The maximum absolute atomic E-state index is 10.1. The molecule has 2 heteroatoms. The zero-order valence-electron chi connectivity index (χ0n) is 17.7. The lowest BCUT2D eigenvalue weighted by atomic mass is 10.0. The van der Waals surface area contributed by atoms with Crippen LogP contribution in [0.4, 0.5) is 11.4 Å². The molecule has 0 aliphatic heterocycles. The molecule has 0 aromatic heterocycles. The highest BCUT2D eigenvalue weighted by molar-refractivity contribution is 5.59. The summed E-state index contributed by atoms with van der Waals surface area (Å²) in [5.74, 6) is 0. The summed E-state index contributed by atoms with van der Waals surface area (Å²) in [7, 11) is 0. The van der Waals surface area contributed by atoms with Crippen molar-refractivity contribution in [1.29, 1.82) is 0 Å². The summed E-state index contributed by atoms with van der Waals surface area (Å²) in [5.41, 5.74) is 3.65. The van der Waals surface area contributed by atoms with Gasteiger partial charge in [-0.2, -0.15) is 0 Å². The number of unbranched alkanes of at least 4 members (excludes halogenated alkanes) is 7. The Morgan fingerprint density at radius 2 is 1.25 bits per heavy atom. The molecule has 2 nitrogen and oxygen atoms in total. The number of rotatable bonds is 15. The van der Waals surface area contributed by atoms with E-state index in [9.17, 15) is 5.11 Å². The molecular weight excluding hydrogens is 342 g/mol. The third-order valence-corrected chi connectivity index (χ3v) is 5.41. The van der Waals surface area contributed by atoms with Crippen molar-refractivity contribution in [3.05, 3.63) is 60.2 Å². The highest BCUT2D eigenvalue weighted by Crippen LogP contribution is 2.18. The first-order chi connectivity index (χ1) is 13.8. The molecule has 2 aromatic rings. The van der Waals surface area contributed by atoms with E-state index in [-0.39, 0.29) is 6.10 Å². The Hall–Kier alpha value is -1.80. The minimum absolute atomic E-state index is 0.0884. The molecule has 0 radical (unpaired) electrons. The Bertz CT molecular complexity index is 608. The summed E-state index contributed by atoms with van der Waals surface area (Å²) >= 11 is 0. The van der Waals surface area contributed by atoms with Crippen LogP contribution in [0.5, 0.6) is 0 Å². The highest BCUT2D eigenvalue weighted by atomic mass is 16.3. The lowest BCUT2D eigenvalue weighted by Gasteiger charge is -2.10. The van der Waals surface area contributed by atoms with Gasteiger partial charge in [-0.1, -0.05) is 88.6 Å². The Labute approximate surface area is 172 Å². The molecule has 0 bridgehead atoms. The Kier molecular flexibility index (Phi) is 11.4. The van der Waals surface area contributed by atoms with Gasteiger partial charge in [-0.05, 0) is 55.5 Å². The van der Waals surface area contributed by atoms with E-state index >= 15 is 0 Å². The number of aliphatic hydroxyl groups excluding tert-OH is 1. The van der Waals surface area contributed by atoms with Crippen LogP contribution in [0.15, 0.2) is 54.6 Å². The summed E-state index contributed by atoms with van der Waals surface area (Å²) in [6, 6.07) is 19.0. The third-order valence-electron chi connectivity index (χ3n) is 5.41. The Morgan fingerprint density at radius 3 is 1.93 bits per heavy atom. The van der Waals surface area contributed by atoms with Crippen molar-refractivity contribution in [2.75, 3.05) is 5.32 Å². The largest absolute Gasteiger partial charge is 0.393 e. The number of anilines is 2. The summed E-state index contributed by atoms with van der Waals surface area (Å²) in [5, 5.41) is 13.5. The summed E-state index contributed by atoms with van der Waals surface area (Å²) < 4.78 is 0. The van der Waals surface area contributed by atoms with E-state index in [1.165, 1.54) is 56.9 Å². The van der Waals surface area contributed by atoms with Gasteiger partial charge in [0, 0.05) is 11.4 Å². The second kappa shape index (κ2) is 14.2. The van der Waals surface area contributed by atoms with Gasteiger partial charge in [-0.15, -0.1) is 0 Å². The number of benzene rings is 2. The van der Waals surface area contributed by atoms with E-state index in [4.69, 9.17) is 0 Å². The first-order valence-corrected chi connectivity index (χ1v) is 11.4. The number of aliphatic hydroxyl groups is 1. The predicted octanol–water partition coefficient (Wildman–Crippen LogP) is 7.64. The molecule has 2 aromatic carbocycles. The maximum atomic E-state index is 10.1. The monoisotopic (exact) mass is 381 g/mol. The minimum atomic E-state index is -0.0884. The normalized spacial score (nSPS) is 12.1. The van der Waals surface area contributed by atoms with Crippen molar-refractivity contribution < 1.29 is 5.11 Å². The molecule has 0 aliphatic carbocycles. The van der Waals surface area contributed by atoms with Crippen LogP contribution < -0.4 is 5.32 Å².